The first-order valence-corrected chi connectivity index (χ1v) is 7.43. The Kier molecular flexibility index (Phi) is 7.08. The SMILES string of the molecule is O=C(O)CCCCCCNC(=O)C1CCSC1. The molecule has 0 aromatic rings. The summed E-state index contributed by atoms with van der Waals surface area (Å²) in [5, 5.41) is 11.4. The summed E-state index contributed by atoms with van der Waals surface area (Å²) in [4.78, 5) is 21.9. The van der Waals surface area contributed by atoms with Crippen LogP contribution in [-0.2, 0) is 9.59 Å². The molecule has 0 aliphatic carbocycles. The first kappa shape index (κ1) is 14.4. The normalized spacial score (nSPS) is 19.2. The fraction of sp³-hybridized carbons (Fsp3) is 0.833. The third kappa shape index (κ3) is 6.56. The van der Waals surface area contributed by atoms with Gasteiger partial charge in [-0.25, -0.2) is 0 Å². The molecular formula is C12H21NO3S. The van der Waals surface area contributed by atoms with Crippen LogP contribution in [-0.4, -0.2) is 35.0 Å². The average Bonchev–Trinajstić information content (AvgIpc) is 2.80. The van der Waals surface area contributed by atoms with Gasteiger partial charge in [0.15, 0.2) is 0 Å². The zero-order valence-electron chi connectivity index (χ0n) is 10.1. The zero-order valence-corrected chi connectivity index (χ0v) is 10.9. The maximum atomic E-state index is 11.6. The molecule has 1 heterocycles. The predicted molar refractivity (Wildman–Crippen MR) is 69.2 cm³/mol. The molecule has 0 saturated carbocycles. The Morgan fingerprint density at radius 1 is 1.24 bits per heavy atom. The summed E-state index contributed by atoms with van der Waals surface area (Å²) >= 11 is 1.85. The quantitative estimate of drug-likeness (QED) is 0.653. The van der Waals surface area contributed by atoms with E-state index in [1.54, 1.807) is 0 Å². The summed E-state index contributed by atoms with van der Waals surface area (Å²) in [7, 11) is 0. The highest BCUT2D eigenvalue weighted by atomic mass is 32.2. The van der Waals surface area contributed by atoms with Gasteiger partial charge in [-0.15, -0.1) is 0 Å². The predicted octanol–water partition coefficient (Wildman–Crippen LogP) is 1.89. The van der Waals surface area contributed by atoms with Crippen molar-refractivity contribution in [2.75, 3.05) is 18.1 Å². The molecular weight excluding hydrogens is 238 g/mol. The Bertz CT molecular complexity index is 252. The van der Waals surface area contributed by atoms with Gasteiger partial charge in [0.2, 0.25) is 5.91 Å². The Balaban J connectivity index is 1.89. The molecule has 1 atom stereocenters. The monoisotopic (exact) mass is 259 g/mol. The van der Waals surface area contributed by atoms with Gasteiger partial charge < -0.3 is 10.4 Å². The van der Waals surface area contributed by atoms with Crippen LogP contribution in [0.4, 0.5) is 0 Å². The molecule has 1 fully saturated rings. The highest BCUT2D eigenvalue weighted by Crippen LogP contribution is 2.23. The van der Waals surface area contributed by atoms with Crippen molar-refractivity contribution in [2.45, 2.75) is 38.5 Å². The van der Waals surface area contributed by atoms with Crippen molar-refractivity contribution in [1.29, 1.82) is 0 Å². The number of amides is 1. The molecule has 1 unspecified atom stereocenters. The van der Waals surface area contributed by atoms with Crippen LogP contribution >= 0.6 is 11.8 Å². The van der Waals surface area contributed by atoms with E-state index in [9.17, 15) is 9.59 Å². The minimum atomic E-state index is -0.725. The maximum Gasteiger partial charge on any atom is 0.303 e. The Morgan fingerprint density at radius 2 is 2.00 bits per heavy atom. The van der Waals surface area contributed by atoms with Crippen LogP contribution in [0.5, 0.6) is 0 Å². The second-order valence-electron chi connectivity index (χ2n) is 4.41. The number of nitrogens with one attached hydrogen (secondary N) is 1. The standard InChI is InChI=1S/C12H21NO3S/c14-11(15)5-3-1-2-4-7-13-12(16)10-6-8-17-9-10/h10H,1-9H2,(H,13,16)(H,14,15). The van der Waals surface area contributed by atoms with Crippen LogP contribution in [0.3, 0.4) is 0 Å². The molecule has 0 aromatic carbocycles. The van der Waals surface area contributed by atoms with Gasteiger partial charge in [-0.1, -0.05) is 12.8 Å². The summed E-state index contributed by atoms with van der Waals surface area (Å²) in [6.45, 7) is 0.729. The molecule has 4 nitrogen and oxygen atoms in total. The molecule has 1 aliphatic heterocycles. The van der Waals surface area contributed by atoms with Gasteiger partial charge in [-0.3, -0.25) is 9.59 Å². The van der Waals surface area contributed by atoms with Gasteiger partial charge in [0.05, 0.1) is 0 Å². The minimum Gasteiger partial charge on any atom is -0.481 e. The average molecular weight is 259 g/mol. The number of carbonyl (C=O) groups is 2. The largest absolute Gasteiger partial charge is 0.481 e. The number of carbonyl (C=O) groups excluding carboxylic acids is 1. The molecule has 2 N–H and O–H groups in total. The summed E-state index contributed by atoms with van der Waals surface area (Å²) in [5.41, 5.74) is 0. The first-order chi connectivity index (χ1) is 8.20. The van der Waals surface area contributed by atoms with Crippen molar-refractivity contribution in [3.8, 4) is 0 Å². The van der Waals surface area contributed by atoms with Crippen LogP contribution in [0.1, 0.15) is 38.5 Å². The van der Waals surface area contributed by atoms with E-state index in [4.69, 9.17) is 5.11 Å². The lowest BCUT2D eigenvalue weighted by Crippen LogP contribution is -2.31. The lowest BCUT2D eigenvalue weighted by Gasteiger charge is -2.09. The van der Waals surface area contributed by atoms with Crippen molar-refractivity contribution in [3.05, 3.63) is 0 Å². The molecule has 0 aromatic heterocycles. The molecule has 0 radical (unpaired) electrons. The molecule has 98 valence electrons. The fourth-order valence-electron chi connectivity index (χ4n) is 1.85. The van der Waals surface area contributed by atoms with Crippen LogP contribution in [0.2, 0.25) is 0 Å². The van der Waals surface area contributed by atoms with Crippen molar-refractivity contribution >= 4 is 23.6 Å². The Labute approximate surface area is 107 Å². The van der Waals surface area contributed by atoms with Gasteiger partial charge in [0, 0.05) is 24.6 Å². The second kappa shape index (κ2) is 8.39. The molecule has 0 bridgehead atoms. The topological polar surface area (TPSA) is 66.4 Å². The second-order valence-corrected chi connectivity index (χ2v) is 5.56. The molecule has 1 aliphatic rings. The number of carboxylic acid groups (broad SMARTS) is 1. The highest BCUT2D eigenvalue weighted by molar-refractivity contribution is 7.99. The Hall–Kier alpha value is -0.710. The van der Waals surface area contributed by atoms with Crippen molar-refractivity contribution in [2.24, 2.45) is 5.92 Å². The number of hydrogen-bond acceptors (Lipinski definition) is 3. The lowest BCUT2D eigenvalue weighted by molar-refractivity contribution is -0.137. The third-order valence-electron chi connectivity index (χ3n) is 2.92. The third-order valence-corrected chi connectivity index (χ3v) is 4.08. The van der Waals surface area contributed by atoms with Gasteiger partial charge >= 0.3 is 5.97 Å². The summed E-state index contributed by atoms with van der Waals surface area (Å²) in [6, 6.07) is 0. The van der Waals surface area contributed by atoms with E-state index in [-0.39, 0.29) is 18.2 Å². The van der Waals surface area contributed by atoms with E-state index in [1.165, 1.54) is 0 Å². The molecule has 5 heteroatoms. The minimum absolute atomic E-state index is 0.195. The van der Waals surface area contributed by atoms with Gasteiger partial charge in [-0.05, 0) is 25.0 Å². The van der Waals surface area contributed by atoms with Crippen molar-refractivity contribution in [3.63, 3.8) is 0 Å². The molecule has 17 heavy (non-hydrogen) atoms. The molecule has 0 spiro atoms. The number of carboxylic acids is 1. The Morgan fingerprint density at radius 3 is 2.65 bits per heavy atom. The smallest absolute Gasteiger partial charge is 0.303 e. The van der Waals surface area contributed by atoms with Crippen molar-refractivity contribution < 1.29 is 14.7 Å². The van der Waals surface area contributed by atoms with E-state index in [0.717, 1.165) is 50.2 Å². The number of unbranched alkanes of at least 4 members (excludes halogenated alkanes) is 3. The number of thioether (sulfide) groups is 1. The van der Waals surface area contributed by atoms with E-state index in [2.05, 4.69) is 5.32 Å². The maximum absolute atomic E-state index is 11.6. The molecule has 1 saturated heterocycles. The molecule has 1 rings (SSSR count). The van der Waals surface area contributed by atoms with Crippen LogP contribution in [0.15, 0.2) is 0 Å². The van der Waals surface area contributed by atoms with Gasteiger partial charge in [0.1, 0.15) is 0 Å². The lowest BCUT2D eigenvalue weighted by atomic mass is 10.1. The van der Waals surface area contributed by atoms with Crippen LogP contribution < -0.4 is 5.32 Å². The van der Waals surface area contributed by atoms with Gasteiger partial charge in [-0.2, -0.15) is 11.8 Å². The number of aliphatic carboxylic acids is 1. The first-order valence-electron chi connectivity index (χ1n) is 6.27. The summed E-state index contributed by atoms with van der Waals surface area (Å²) in [6.07, 6.45) is 4.88. The highest BCUT2D eigenvalue weighted by Gasteiger charge is 2.22. The van der Waals surface area contributed by atoms with Gasteiger partial charge in [0.25, 0.3) is 0 Å². The number of rotatable bonds is 8. The van der Waals surface area contributed by atoms with Crippen molar-refractivity contribution in [1.82, 2.24) is 5.32 Å². The van der Waals surface area contributed by atoms with Crippen LogP contribution in [0, 0.1) is 5.92 Å². The van der Waals surface area contributed by atoms with E-state index in [1.807, 2.05) is 11.8 Å². The number of hydrogen-bond donors (Lipinski definition) is 2. The van der Waals surface area contributed by atoms with E-state index in [0.29, 0.717) is 0 Å². The summed E-state index contributed by atoms with van der Waals surface area (Å²) in [5.74, 6) is 1.75. The zero-order chi connectivity index (χ0) is 12.5. The van der Waals surface area contributed by atoms with E-state index >= 15 is 0 Å². The van der Waals surface area contributed by atoms with E-state index < -0.39 is 5.97 Å². The molecule has 1 amide bonds. The summed E-state index contributed by atoms with van der Waals surface area (Å²) < 4.78 is 0. The fourth-order valence-corrected chi connectivity index (χ4v) is 3.07. The van der Waals surface area contributed by atoms with Crippen LogP contribution in [0.25, 0.3) is 0 Å².